The van der Waals surface area contributed by atoms with Gasteiger partial charge in [0.15, 0.2) is 0 Å². The quantitative estimate of drug-likeness (QED) is 0.250. The van der Waals surface area contributed by atoms with E-state index in [4.69, 9.17) is 5.73 Å². The van der Waals surface area contributed by atoms with E-state index in [1.165, 1.54) is 12.8 Å². The monoisotopic (exact) mass is 220 g/mol. The lowest BCUT2D eigenvalue weighted by molar-refractivity contribution is -0.528. The smallest absolute Gasteiger partial charge is 0.246 e. The van der Waals surface area contributed by atoms with Crippen molar-refractivity contribution in [3.63, 3.8) is 0 Å². The maximum absolute atomic E-state index is 11.0. The van der Waals surface area contributed by atoms with Crippen LogP contribution in [0.15, 0.2) is 0 Å². The van der Waals surface area contributed by atoms with Gasteiger partial charge in [0.25, 0.3) is 0 Å². The molecule has 0 spiro atoms. The highest BCUT2D eigenvalue weighted by Crippen LogP contribution is 2.04. The van der Waals surface area contributed by atoms with Crippen LogP contribution in [-0.4, -0.2) is 12.6 Å². The van der Waals surface area contributed by atoms with Crippen LogP contribution in [0.5, 0.6) is 0 Å². The third-order valence-electron chi connectivity index (χ3n) is 1.81. The first-order valence-corrected chi connectivity index (χ1v) is 5.25. The predicted molar refractivity (Wildman–Crippen MR) is 53.8 cm³/mol. The molecule has 0 bridgehead atoms. The Balaban J connectivity index is 3.11. The fourth-order valence-electron chi connectivity index (χ4n) is 1.06. The second kappa shape index (κ2) is 11.4. The van der Waals surface area contributed by atoms with E-state index in [0.29, 0.717) is 6.42 Å². The van der Waals surface area contributed by atoms with Gasteiger partial charge < -0.3 is 5.73 Å². The Labute approximate surface area is 89.9 Å². The van der Waals surface area contributed by atoms with Crippen LogP contribution >= 0.6 is 0 Å². The van der Waals surface area contributed by atoms with Crippen molar-refractivity contribution in [2.24, 2.45) is 5.73 Å². The summed E-state index contributed by atoms with van der Waals surface area (Å²) in [6.45, 7) is 2.02. The molecule has 0 aromatic carbocycles. The number of amides is 1. The standard InChI is InChI=1S/C9H20N2O4/c1-2-3-4-5-6-7-9(12)11-14-15-13-8-10/h2-8,10H2,1H3,(H,11,12). The van der Waals surface area contributed by atoms with Gasteiger partial charge in [0.2, 0.25) is 5.91 Å². The molecule has 0 atom stereocenters. The van der Waals surface area contributed by atoms with Gasteiger partial charge in [-0.3, -0.25) is 4.79 Å². The summed E-state index contributed by atoms with van der Waals surface area (Å²) in [5, 5.41) is 4.04. The Morgan fingerprint density at radius 1 is 1.27 bits per heavy atom. The number of hydrogen-bond donors (Lipinski definition) is 2. The number of nitrogens with one attached hydrogen (secondary N) is 1. The van der Waals surface area contributed by atoms with E-state index in [0.717, 1.165) is 19.3 Å². The molecular weight excluding hydrogens is 200 g/mol. The Kier molecular flexibility index (Phi) is 10.9. The summed E-state index contributed by atoms with van der Waals surface area (Å²) in [6, 6.07) is 0. The van der Waals surface area contributed by atoms with Crippen LogP contribution in [0, 0.1) is 0 Å². The lowest BCUT2D eigenvalue weighted by Gasteiger charge is -2.02. The van der Waals surface area contributed by atoms with Crippen LogP contribution in [0.3, 0.4) is 0 Å². The van der Waals surface area contributed by atoms with Gasteiger partial charge in [-0.05, 0) is 11.5 Å². The van der Waals surface area contributed by atoms with Gasteiger partial charge in [0.05, 0.1) is 0 Å². The van der Waals surface area contributed by atoms with Crippen LogP contribution in [-0.2, 0) is 19.7 Å². The molecule has 1 amide bonds. The van der Waals surface area contributed by atoms with Gasteiger partial charge in [-0.2, -0.15) is 10.4 Å². The number of hydrogen-bond acceptors (Lipinski definition) is 5. The highest BCUT2D eigenvalue weighted by Gasteiger charge is 2.01. The molecule has 0 radical (unpaired) electrons. The second-order valence-electron chi connectivity index (χ2n) is 3.13. The van der Waals surface area contributed by atoms with Crippen molar-refractivity contribution in [1.29, 1.82) is 0 Å². The summed E-state index contributed by atoms with van der Waals surface area (Å²) in [6.07, 6.45) is 5.91. The molecule has 0 aliphatic carbocycles. The second-order valence-corrected chi connectivity index (χ2v) is 3.13. The zero-order valence-corrected chi connectivity index (χ0v) is 9.16. The van der Waals surface area contributed by atoms with Crippen LogP contribution < -0.4 is 11.2 Å². The topological polar surface area (TPSA) is 82.8 Å². The Bertz CT molecular complexity index is 155. The summed E-state index contributed by atoms with van der Waals surface area (Å²) in [5.74, 6) is -0.230. The van der Waals surface area contributed by atoms with Crippen molar-refractivity contribution in [1.82, 2.24) is 5.48 Å². The molecule has 0 saturated carbocycles. The molecule has 0 saturated heterocycles. The minimum atomic E-state index is -0.230. The molecular formula is C9H20N2O4. The number of carbonyl (C=O) groups is 1. The average molecular weight is 220 g/mol. The van der Waals surface area contributed by atoms with Crippen LogP contribution in [0.1, 0.15) is 45.4 Å². The first-order valence-electron chi connectivity index (χ1n) is 5.25. The number of rotatable bonds is 10. The Morgan fingerprint density at radius 3 is 2.67 bits per heavy atom. The van der Waals surface area contributed by atoms with Crippen LogP contribution in [0.25, 0.3) is 0 Å². The van der Waals surface area contributed by atoms with E-state index in [1.807, 2.05) is 0 Å². The van der Waals surface area contributed by atoms with Gasteiger partial charge in [-0.25, -0.2) is 0 Å². The summed E-state index contributed by atoms with van der Waals surface area (Å²) < 4.78 is 0. The third kappa shape index (κ3) is 11.2. The lowest BCUT2D eigenvalue weighted by atomic mass is 10.1. The molecule has 0 unspecified atom stereocenters. The number of nitrogens with two attached hydrogens (primary N) is 1. The minimum absolute atomic E-state index is 0.132. The van der Waals surface area contributed by atoms with E-state index in [1.54, 1.807) is 0 Å². The molecule has 0 aliphatic rings. The predicted octanol–water partition coefficient (Wildman–Crippen LogP) is 1.17. The first kappa shape index (κ1) is 14.3. The van der Waals surface area contributed by atoms with Crippen molar-refractivity contribution in [2.75, 3.05) is 6.73 Å². The molecule has 15 heavy (non-hydrogen) atoms. The molecule has 0 aromatic rings. The van der Waals surface area contributed by atoms with Gasteiger partial charge in [0.1, 0.15) is 6.73 Å². The normalized spacial score (nSPS) is 10.3. The van der Waals surface area contributed by atoms with E-state index in [2.05, 4.69) is 27.3 Å². The molecule has 0 fully saturated rings. The average Bonchev–Trinajstić information content (AvgIpc) is 2.24. The van der Waals surface area contributed by atoms with E-state index < -0.39 is 0 Å². The molecule has 0 aliphatic heterocycles. The SMILES string of the molecule is CCCCCCCC(=O)NOOOCN. The highest BCUT2D eigenvalue weighted by atomic mass is 17.5. The molecule has 6 heteroatoms. The van der Waals surface area contributed by atoms with Crippen molar-refractivity contribution in [2.45, 2.75) is 45.4 Å². The molecule has 3 N–H and O–H groups in total. The molecule has 0 aromatic heterocycles. The summed E-state index contributed by atoms with van der Waals surface area (Å²) >= 11 is 0. The van der Waals surface area contributed by atoms with Crippen molar-refractivity contribution in [3.05, 3.63) is 0 Å². The fraction of sp³-hybridized carbons (Fsp3) is 0.889. The summed E-state index contributed by atoms with van der Waals surface area (Å²) in [7, 11) is 0. The van der Waals surface area contributed by atoms with E-state index in [-0.39, 0.29) is 12.6 Å². The number of carbonyl (C=O) groups excluding carboxylic acids is 1. The molecule has 90 valence electrons. The summed E-state index contributed by atoms with van der Waals surface area (Å²) in [5.41, 5.74) is 7.00. The van der Waals surface area contributed by atoms with Gasteiger partial charge in [0, 0.05) is 6.42 Å². The lowest BCUT2D eigenvalue weighted by Crippen LogP contribution is -2.24. The van der Waals surface area contributed by atoms with Crippen molar-refractivity contribution >= 4 is 5.91 Å². The van der Waals surface area contributed by atoms with Gasteiger partial charge in [-0.1, -0.05) is 37.6 Å². The van der Waals surface area contributed by atoms with Gasteiger partial charge in [-0.15, -0.1) is 0 Å². The van der Waals surface area contributed by atoms with E-state index >= 15 is 0 Å². The maximum Gasteiger partial charge on any atom is 0.246 e. The Morgan fingerprint density at radius 2 is 2.00 bits per heavy atom. The van der Waals surface area contributed by atoms with Crippen molar-refractivity contribution in [3.8, 4) is 0 Å². The number of hydroxylamine groups is 1. The first-order chi connectivity index (χ1) is 7.31. The zero-order valence-electron chi connectivity index (χ0n) is 9.16. The van der Waals surface area contributed by atoms with Crippen LogP contribution in [0.4, 0.5) is 0 Å². The molecule has 0 rings (SSSR count). The van der Waals surface area contributed by atoms with E-state index in [9.17, 15) is 4.79 Å². The van der Waals surface area contributed by atoms with Crippen LogP contribution in [0.2, 0.25) is 0 Å². The maximum atomic E-state index is 11.0. The summed E-state index contributed by atoms with van der Waals surface area (Å²) in [4.78, 5) is 19.4. The molecule has 0 heterocycles. The zero-order chi connectivity index (χ0) is 11.4. The third-order valence-corrected chi connectivity index (χ3v) is 1.81. The minimum Gasteiger partial charge on any atom is -0.306 e. The fourth-order valence-corrected chi connectivity index (χ4v) is 1.06. The van der Waals surface area contributed by atoms with Crippen molar-refractivity contribution < 1.29 is 19.7 Å². The largest absolute Gasteiger partial charge is 0.306 e. The highest BCUT2D eigenvalue weighted by molar-refractivity contribution is 5.74. The Hall–Kier alpha value is -0.690. The molecule has 6 nitrogen and oxygen atoms in total. The number of unbranched alkanes of at least 4 members (excludes halogenated alkanes) is 4. The van der Waals surface area contributed by atoms with Gasteiger partial charge >= 0.3 is 0 Å².